The Bertz CT molecular complexity index is 1240. The standard InChI is InChI=1S/C28H28N2O4.Ni/c1-33-17-25(29-15-23-21-9-5-3-7-19(21)11-13-27(23)31)26(18-34-2)30-16-24-22-10-6-4-8-20(22)12-14-28(24)32;/h3-16,25-26,31-32H,17-18H2,1-2H3;/t25-,26-;/m1./s1. The molecule has 0 heterocycles. The zero-order valence-electron chi connectivity index (χ0n) is 19.6. The van der Waals surface area contributed by atoms with E-state index in [-0.39, 0.29) is 40.1 Å². The van der Waals surface area contributed by atoms with Gasteiger partial charge in [0.1, 0.15) is 11.5 Å². The number of methoxy groups -OCH3 is 2. The van der Waals surface area contributed by atoms with Gasteiger partial charge in [-0.2, -0.15) is 0 Å². The molecule has 2 N–H and O–H groups in total. The summed E-state index contributed by atoms with van der Waals surface area (Å²) in [7, 11) is 3.23. The SMILES string of the molecule is COC[C@@H](N=Cc1c(O)ccc2ccccc12)[C@@H](COC)N=Cc1c(O)ccc2ccccc12.[Ni]. The number of phenolic OH excluding ortho intramolecular Hbond substituents is 2. The second-order valence-corrected chi connectivity index (χ2v) is 8.04. The topological polar surface area (TPSA) is 83.6 Å². The predicted octanol–water partition coefficient (Wildman–Crippen LogP) is 4.97. The van der Waals surface area contributed by atoms with Crippen LogP contribution in [0.25, 0.3) is 21.5 Å². The minimum absolute atomic E-state index is 0. The summed E-state index contributed by atoms with van der Waals surface area (Å²) in [5, 5.41) is 24.8. The second-order valence-electron chi connectivity index (χ2n) is 8.04. The fourth-order valence-corrected chi connectivity index (χ4v) is 4.03. The average Bonchev–Trinajstić information content (AvgIpc) is 2.86. The number of fused-ring (bicyclic) bond motifs is 2. The molecule has 4 rings (SSSR count). The predicted molar refractivity (Wildman–Crippen MR) is 138 cm³/mol. The molecule has 7 heteroatoms. The molecule has 0 fully saturated rings. The molecule has 0 saturated heterocycles. The van der Waals surface area contributed by atoms with Crippen LogP contribution >= 0.6 is 0 Å². The molecule has 0 saturated carbocycles. The Hall–Kier alpha value is -3.25. The maximum Gasteiger partial charge on any atom is 0.124 e. The Labute approximate surface area is 214 Å². The van der Waals surface area contributed by atoms with E-state index in [0.29, 0.717) is 24.3 Å². The first-order valence-corrected chi connectivity index (χ1v) is 11.1. The van der Waals surface area contributed by atoms with Crippen LogP contribution in [0, 0.1) is 0 Å². The van der Waals surface area contributed by atoms with E-state index in [4.69, 9.17) is 19.5 Å². The summed E-state index contributed by atoms with van der Waals surface area (Å²) in [4.78, 5) is 9.49. The number of ether oxygens (including phenoxy) is 2. The molecule has 0 aliphatic heterocycles. The van der Waals surface area contributed by atoms with Crippen molar-refractivity contribution in [3.8, 4) is 11.5 Å². The van der Waals surface area contributed by atoms with Crippen LogP contribution in [-0.2, 0) is 26.0 Å². The van der Waals surface area contributed by atoms with E-state index in [2.05, 4.69) is 0 Å². The van der Waals surface area contributed by atoms with E-state index in [1.807, 2.05) is 60.7 Å². The van der Waals surface area contributed by atoms with Crippen molar-refractivity contribution in [1.29, 1.82) is 0 Å². The average molecular weight is 515 g/mol. The first-order chi connectivity index (χ1) is 16.6. The van der Waals surface area contributed by atoms with Crippen LogP contribution in [-0.4, -0.2) is 62.2 Å². The van der Waals surface area contributed by atoms with Crippen LogP contribution in [0.15, 0.2) is 82.8 Å². The van der Waals surface area contributed by atoms with Crippen molar-refractivity contribution in [3.63, 3.8) is 0 Å². The third kappa shape index (κ3) is 6.06. The molecule has 35 heavy (non-hydrogen) atoms. The zero-order valence-corrected chi connectivity index (χ0v) is 20.6. The summed E-state index contributed by atoms with van der Waals surface area (Å²) in [5.41, 5.74) is 1.29. The fourth-order valence-electron chi connectivity index (χ4n) is 4.03. The molecule has 4 aromatic carbocycles. The number of hydrogen-bond donors (Lipinski definition) is 2. The Balaban J connectivity index is 0.00000342. The van der Waals surface area contributed by atoms with Gasteiger partial charge in [0.2, 0.25) is 0 Å². The summed E-state index contributed by atoms with van der Waals surface area (Å²) in [5.74, 6) is 0.317. The van der Waals surface area contributed by atoms with E-state index in [9.17, 15) is 10.2 Å². The Morgan fingerprint density at radius 2 is 1.06 bits per heavy atom. The smallest absolute Gasteiger partial charge is 0.124 e. The van der Waals surface area contributed by atoms with Gasteiger partial charge in [-0.25, -0.2) is 0 Å². The molecule has 0 unspecified atom stereocenters. The van der Waals surface area contributed by atoms with E-state index < -0.39 is 0 Å². The van der Waals surface area contributed by atoms with Crippen molar-refractivity contribution in [3.05, 3.63) is 83.9 Å². The fraction of sp³-hybridized carbons (Fsp3) is 0.214. The third-order valence-corrected chi connectivity index (χ3v) is 5.80. The number of nitrogens with zero attached hydrogens (tertiary/aromatic N) is 2. The summed E-state index contributed by atoms with van der Waals surface area (Å²) in [6, 6.07) is 22.0. The number of benzene rings is 4. The van der Waals surface area contributed by atoms with Crippen LogP contribution < -0.4 is 0 Å². The van der Waals surface area contributed by atoms with Crippen LogP contribution in [0.4, 0.5) is 0 Å². The van der Waals surface area contributed by atoms with Crippen molar-refractivity contribution < 1.29 is 36.2 Å². The number of rotatable bonds is 9. The normalized spacial score (nSPS) is 13.4. The summed E-state index contributed by atoms with van der Waals surface area (Å²) < 4.78 is 10.9. The van der Waals surface area contributed by atoms with Gasteiger partial charge in [0.05, 0.1) is 25.3 Å². The summed E-state index contributed by atoms with van der Waals surface area (Å²) >= 11 is 0. The molecule has 0 spiro atoms. The molecule has 4 aromatic rings. The molecule has 0 radical (unpaired) electrons. The number of aliphatic imine (C=N–C) groups is 2. The summed E-state index contributed by atoms with van der Waals surface area (Å²) in [6.45, 7) is 0.629. The monoisotopic (exact) mass is 514 g/mol. The molecule has 184 valence electrons. The van der Waals surface area contributed by atoms with E-state index >= 15 is 0 Å². The Morgan fingerprint density at radius 1 is 0.657 bits per heavy atom. The molecular weight excluding hydrogens is 487 g/mol. The largest absolute Gasteiger partial charge is 0.507 e. The molecule has 0 aromatic heterocycles. The molecule has 6 nitrogen and oxygen atoms in total. The van der Waals surface area contributed by atoms with Gasteiger partial charge < -0.3 is 19.7 Å². The van der Waals surface area contributed by atoms with Crippen LogP contribution in [0.5, 0.6) is 11.5 Å². The molecule has 0 bridgehead atoms. The molecule has 0 amide bonds. The number of hydrogen-bond acceptors (Lipinski definition) is 6. The number of aromatic hydroxyl groups is 2. The molecule has 2 atom stereocenters. The van der Waals surface area contributed by atoms with Crippen molar-refractivity contribution in [2.45, 2.75) is 12.1 Å². The van der Waals surface area contributed by atoms with Crippen molar-refractivity contribution in [2.75, 3.05) is 27.4 Å². The minimum Gasteiger partial charge on any atom is -0.507 e. The Kier molecular flexibility index (Phi) is 9.38. The first kappa shape index (κ1) is 26.4. The van der Waals surface area contributed by atoms with E-state index in [1.54, 1.807) is 38.8 Å². The molecule has 0 aliphatic rings. The van der Waals surface area contributed by atoms with Gasteiger partial charge >= 0.3 is 0 Å². The maximum atomic E-state index is 10.5. The molecule has 0 aliphatic carbocycles. The van der Waals surface area contributed by atoms with Gasteiger partial charge in [-0.15, -0.1) is 0 Å². The Morgan fingerprint density at radius 3 is 1.46 bits per heavy atom. The maximum absolute atomic E-state index is 10.5. The second kappa shape index (κ2) is 12.5. The summed E-state index contributed by atoms with van der Waals surface area (Å²) in [6.07, 6.45) is 3.35. The third-order valence-electron chi connectivity index (χ3n) is 5.80. The van der Waals surface area contributed by atoms with Crippen LogP contribution in [0.2, 0.25) is 0 Å². The van der Waals surface area contributed by atoms with Crippen molar-refractivity contribution in [2.24, 2.45) is 9.98 Å². The van der Waals surface area contributed by atoms with Gasteiger partial charge in [-0.05, 0) is 33.7 Å². The van der Waals surface area contributed by atoms with Gasteiger partial charge in [0.25, 0.3) is 0 Å². The number of phenols is 2. The van der Waals surface area contributed by atoms with Gasteiger partial charge in [-0.1, -0.05) is 60.7 Å². The van der Waals surface area contributed by atoms with Crippen LogP contribution in [0.3, 0.4) is 0 Å². The van der Waals surface area contributed by atoms with Gasteiger partial charge in [0, 0.05) is 54.3 Å². The first-order valence-electron chi connectivity index (χ1n) is 11.1. The van der Waals surface area contributed by atoms with Crippen LogP contribution in [0.1, 0.15) is 11.1 Å². The van der Waals surface area contributed by atoms with Crippen molar-refractivity contribution >= 4 is 34.0 Å². The van der Waals surface area contributed by atoms with Crippen molar-refractivity contribution in [1.82, 2.24) is 0 Å². The zero-order chi connectivity index (χ0) is 23.9. The molecular formula is C28H28N2NiO4. The van der Waals surface area contributed by atoms with Gasteiger partial charge in [-0.3, -0.25) is 9.98 Å². The van der Waals surface area contributed by atoms with E-state index in [0.717, 1.165) is 21.5 Å². The quantitative estimate of drug-likeness (QED) is 0.244. The van der Waals surface area contributed by atoms with E-state index in [1.165, 1.54) is 0 Å². The minimum atomic E-state index is -0.364. The van der Waals surface area contributed by atoms with Gasteiger partial charge in [0.15, 0.2) is 0 Å².